The van der Waals surface area contributed by atoms with E-state index in [1.807, 2.05) is 0 Å². The fraction of sp³-hybridized carbons (Fsp3) is 0.474. The highest BCUT2D eigenvalue weighted by molar-refractivity contribution is 5.69. The van der Waals surface area contributed by atoms with Crippen LogP contribution in [-0.4, -0.2) is 35.4 Å². The van der Waals surface area contributed by atoms with Crippen molar-refractivity contribution in [2.75, 3.05) is 25.0 Å². The molecular weight excluding hydrogens is 272 g/mol. The van der Waals surface area contributed by atoms with Crippen molar-refractivity contribution in [1.82, 2.24) is 4.90 Å². The largest absolute Gasteiger partial charge is 0.392 e. The molecule has 3 aliphatic heterocycles. The predicted molar refractivity (Wildman–Crippen MR) is 87.7 cm³/mol. The fourth-order valence-corrected chi connectivity index (χ4v) is 5.58. The first-order chi connectivity index (χ1) is 10.7. The van der Waals surface area contributed by atoms with Crippen molar-refractivity contribution in [3.63, 3.8) is 0 Å². The number of piperidine rings is 1. The summed E-state index contributed by atoms with van der Waals surface area (Å²) in [6.07, 6.45) is 6.90. The van der Waals surface area contributed by atoms with Crippen LogP contribution in [0.25, 0.3) is 0 Å². The third-order valence-electron chi connectivity index (χ3n) is 6.56. The molecule has 0 saturated carbocycles. The molecule has 0 radical (unpaired) electrons. The first-order valence-electron chi connectivity index (χ1n) is 8.34. The molecule has 2 N–H and O–H groups in total. The van der Waals surface area contributed by atoms with Gasteiger partial charge in [0.2, 0.25) is 0 Å². The molecule has 3 heteroatoms. The maximum atomic E-state index is 9.98. The molecule has 1 unspecified atom stereocenters. The van der Waals surface area contributed by atoms with E-state index < -0.39 is 0 Å². The average molecular weight is 294 g/mol. The molecule has 4 aliphatic rings. The second-order valence-electron chi connectivity index (χ2n) is 7.17. The van der Waals surface area contributed by atoms with E-state index in [4.69, 9.17) is 0 Å². The lowest BCUT2D eigenvalue weighted by Gasteiger charge is -2.54. The number of nitrogens with one attached hydrogen (secondary N) is 1. The van der Waals surface area contributed by atoms with Crippen LogP contribution in [0.5, 0.6) is 0 Å². The summed E-state index contributed by atoms with van der Waals surface area (Å²) in [5, 5.41) is 13.9. The van der Waals surface area contributed by atoms with E-state index in [2.05, 4.69) is 53.6 Å². The Labute approximate surface area is 131 Å². The van der Waals surface area contributed by atoms with Gasteiger partial charge in [0, 0.05) is 24.7 Å². The molecule has 2 fully saturated rings. The zero-order valence-corrected chi connectivity index (χ0v) is 13.0. The molecule has 3 heterocycles. The molecule has 22 heavy (non-hydrogen) atoms. The van der Waals surface area contributed by atoms with Crippen LogP contribution in [0, 0.1) is 5.92 Å². The predicted octanol–water partition coefficient (Wildman–Crippen LogP) is 2.65. The van der Waals surface area contributed by atoms with E-state index in [0.717, 1.165) is 25.9 Å². The molecule has 1 aliphatic carbocycles. The third kappa shape index (κ3) is 1.23. The van der Waals surface area contributed by atoms with E-state index in [9.17, 15) is 5.11 Å². The maximum absolute atomic E-state index is 9.98. The number of rotatable bonds is 1. The van der Waals surface area contributed by atoms with Crippen LogP contribution < -0.4 is 5.32 Å². The number of fused-ring (bicyclic) bond motifs is 2. The quantitative estimate of drug-likeness (QED) is 0.782. The van der Waals surface area contributed by atoms with E-state index in [-0.39, 0.29) is 17.7 Å². The zero-order chi connectivity index (χ0) is 14.9. The number of hydrogen-bond acceptors (Lipinski definition) is 3. The van der Waals surface area contributed by atoms with Gasteiger partial charge in [0.25, 0.3) is 0 Å². The van der Waals surface area contributed by atoms with Gasteiger partial charge < -0.3 is 10.4 Å². The molecule has 3 nitrogen and oxygen atoms in total. The zero-order valence-electron chi connectivity index (χ0n) is 13.0. The molecular formula is C19H22N2O. The highest BCUT2D eigenvalue weighted by Gasteiger charge is 2.67. The monoisotopic (exact) mass is 294 g/mol. The van der Waals surface area contributed by atoms with E-state index in [1.165, 1.54) is 22.4 Å². The van der Waals surface area contributed by atoms with Crippen molar-refractivity contribution in [1.29, 1.82) is 0 Å². The number of anilines is 1. The van der Waals surface area contributed by atoms with Gasteiger partial charge in [0.15, 0.2) is 0 Å². The summed E-state index contributed by atoms with van der Waals surface area (Å²) in [6, 6.07) is 8.75. The van der Waals surface area contributed by atoms with Crippen LogP contribution in [0.15, 0.2) is 47.6 Å². The molecule has 3 atom stereocenters. The lowest BCUT2D eigenvalue weighted by Crippen LogP contribution is -2.63. The molecule has 0 amide bonds. The van der Waals surface area contributed by atoms with E-state index in [0.29, 0.717) is 5.92 Å². The first kappa shape index (κ1) is 12.9. The van der Waals surface area contributed by atoms with Gasteiger partial charge in [0.1, 0.15) is 5.66 Å². The van der Waals surface area contributed by atoms with Crippen molar-refractivity contribution in [3.05, 3.63) is 53.1 Å². The molecule has 1 spiro atoms. The molecule has 1 aromatic carbocycles. The summed E-state index contributed by atoms with van der Waals surface area (Å²) in [7, 11) is 0. The van der Waals surface area contributed by atoms with Gasteiger partial charge in [-0.1, -0.05) is 35.9 Å². The number of allylic oxidation sites excluding steroid dienone is 1. The standard InChI is InChI=1S/C19H22N2O/c1-2-13-11-21-8-7-18-9-14(12-22)15(13)10-19(18,21)20-17-6-4-3-5-16(17)18/h2-6,9,15,20,22H,7-8,10-12H2,1H3/b13-2-/t15?,18-,19+/m1/s1. The summed E-state index contributed by atoms with van der Waals surface area (Å²) in [5.41, 5.74) is 5.46. The Bertz CT molecular complexity index is 722. The maximum Gasteiger partial charge on any atom is 0.105 e. The van der Waals surface area contributed by atoms with Crippen LogP contribution in [0.4, 0.5) is 5.69 Å². The Hall–Kier alpha value is -1.58. The normalized spacial score (nSPS) is 40.2. The van der Waals surface area contributed by atoms with Crippen molar-refractivity contribution >= 4 is 5.69 Å². The molecule has 2 bridgehead atoms. The number of aliphatic hydroxyl groups excluding tert-OH is 1. The van der Waals surface area contributed by atoms with Gasteiger partial charge in [0.05, 0.1) is 12.0 Å². The number of aliphatic hydroxyl groups is 1. The number of para-hydroxylation sites is 1. The van der Waals surface area contributed by atoms with Crippen LogP contribution in [0.2, 0.25) is 0 Å². The Morgan fingerprint density at radius 3 is 3.09 bits per heavy atom. The number of hydrogen-bond donors (Lipinski definition) is 2. The summed E-state index contributed by atoms with van der Waals surface area (Å²) < 4.78 is 0. The van der Waals surface area contributed by atoms with Crippen LogP contribution >= 0.6 is 0 Å². The lowest BCUT2D eigenvalue weighted by molar-refractivity contribution is 0.0821. The summed E-state index contributed by atoms with van der Waals surface area (Å²) >= 11 is 0. The van der Waals surface area contributed by atoms with Crippen LogP contribution in [0.1, 0.15) is 25.3 Å². The molecule has 0 aromatic heterocycles. The van der Waals surface area contributed by atoms with Crippen molar-refractivity contribution in [3.8, 4) is 0 Å². The minimum atomic E-state index is 0.0204. The minimum absolute atomic E-state index is 0.0204. The second kappa shape index (κ2) is 4.03. The Kier molecular flexibility index (Phi) is 2.37. The van der Waals surface area contributed by atoms with Crippen molar-refractivity contribution in [2.24, 2.45) is 5.92 Å². The highest BCUT2D eigenvalue weighted by Crippen LogP contribution is 2.63. The summed E-state index contributed by atoms with van der Waals surface area (Å²) in [4.78, 5) is 2.64. The van der Waals surface area contributed by atoms with Gasteiger partial charge in [-0.05, 0) is 37.0 Å². The minimum Gasteiger partial charge on any atom is -0.392 e. The topological polar surface area (TPSA) is 35.5 Å². The van der Waals surface area contributed by atoms with Gasteiger partial charge in [-0.15, -0.1) is 0 Å². The molecule has 1 aromatic rings. The van der Waals surface area contributed by atoms with Gasteiger partial charge >= 0.3 is 0 Å². The van der Waals surface area contributed by atoms with Crippen molar-refractivity contribution < 1.29 is 5.11 Å². The third-order valence-corrected chi connectivity index (χ3v) is 6.56. The number of benzene rings is 1. The van der Waals surface area contributed by atoms with E-state index in [1.54, 1.807) is 0 Å². The van der Waals surface area contributed by atoms with Gasteiger partial charge in [-0.3, -0.25) is 4.90 Å². The molecule has 114 valence electrons. The summed E-state index contributed by atoms with van der Waals surface area (Å²) in [6.45, 7) is 4.47. The Morgan fingerprint density at radius 2 is 2.27 bits per heavy atom. The molecule has 2 saturated heterocycles. The van der Waals surface area contributed by atoms with Crippen LogP contribution in [-0.2, 0) is 5.41 Å². The lowest BCUT2D eigenvalue weighted by atomic mass is 9.61. The van der Waals surface area contributed by atoms with E-state index >= 15 is 0 Å². The van der Waals surface area contributed by atoms with Crippen molar-refractivity contribution in [2.45, 2.75) is 30.8 Å². The van der Waals surface area contributed by atoms with Crippen LogP contribution in [0.3, 0.4) is 0 Å². The average Bonchev–Trinajstić information content (AvgIpc) is 3.03. The summed E-state index contributed by atoms with van der Waals surface area (Å²) in [5.74, 6) is 0.402. The smallest absolute Gasteiger partial charge is 0.105 e. The first-order valence-corrected chi connectivity index (χ1v) is 8.34. The number of nitrogens with zero attached hydrogens (tertiary/aromatic N) is 1. The highest BCUT2D eigenvalue weighted by atomic mass is 16.3. The second-order valence-corrected chi connectivity index (χ2v) is 7.17. The molecule has 5 rings (SSSR count). The SMILES string of the molecule is C/C=C1/CN2CC[C@]34C=C(CO)C1C[C@]23Nc1ccccc14. The Morgan fingerprint density at radius 1 is 1.41 bits per heavy atom. The fourth-order valence-electron chi connectivity index (χ4n) is 5.58. The Balaban J connectivity index is 1.79. The van der Waals surface area contributed by atoms with Gasteiger partial charge in [-0.25, -0.2) is 0 Å². The van der Waals surface area contributed by atoms with Gasteiger partial charge in [-0.2, -0.15) is 0 Å².